The zero-order valence-electron chi connectivity index (χ0n) is 15.5. The first-order valence-electron chi connectivity index (χ1n) is 8.76. The van der Waals surface area contributed by atoms with Crippen molar-refractivity contribution in [1.29, 1.82) is 0 Å². The monoisotopic (exact) mass is 401 g/mol. The molecule has 0 saturated carbocycles. The third-order valence-electron chi connectivity index (χ3n) is 4.07. The molecule has 28 heavy (non-hydrogen) atoms. The Balaban J connectivity index is 1.74. The SMILES string of the molecule is CCN=C(Nc1cccc(OC)c1)S[C@H]1CC(=O)N(c2ccc(F)cc2)C1=O. The van der Waals surface area contributed by atoms with Gasteiger partial charge < -0.3 is 10.1 Å². The highest BCUT2D eigenvalue weighted by Crippen LogP contribution is 2.31. The summed E-state index contributed by atoms with van der Waals surface area (Å²) < 4.78 is 18.4. The van der Waals surface area contributed by atoms with E-state index in [0.29, 0.717) is 23.1 Å². The number of benzene rings is 2. The van der Waals surface area contributed by atoms with E-state index in [1.807, 2.05) is 31.2 Å². The van der Waals surface area contributed by atoms with E-state index in [1.165, 1.54) is 36.0 Å². The van der Waals surface area contributed by atoms with Crippen LogP contribution in [-0.4, -0.2) is 35.9 Å². The number of amidine groups is 1. The number of amides is 2. The maximum absolute atomic E-state index is 13.1. The van der Waals surface area contributed by atoms with Gasteiger partial charge in [0.25, 0.3) is 0 Å². The van der Waals surface area contributed by atoms with E-state index in [-0.39, 0.29) is 18.2 Å². The number of thioether (sulfide) groups is 1. The van der Waals surface area contributed by atoms with Crippen LogP contribution in [0.1, 0.15) is 13.3 Å². The van der Waals surface area contributed by atoms with Gasteiger partial charge in [0.1, 0.15) is 16.8 Å². The summed E-state index contributed by atoms with van der Waals surface area (Å²) in [6.45, 7) is 2.41. The highest BCUT2D eigenvalue weighted by atomic mass is 32.2. The first-order chi connectivity index (χ1) is 13.5. The van der Waals surface area contributed by atoms with E-state index in [2.05, 4.69) is 10.3 Å². The summed E-state index contributed by atoms with van der Waals surface area (Å²) in [5.41, 5.74) is 1.14. The molecule has 0 bridgehead atoms. The van der Waals surface area contributed by atoms with E-state index in [0.717, 1.165) is 10.6 Å². The van der Waals surface area contributed by atoms with Crippen LogP contribution in [0.15, 0.2) is 53.5 Å². The summed E-state index contributed by atoms with van der Waals surface area (Å²) in [7, 11) is 1.59. The third kappa shape index (κ3) is 4.51. The number of nitrogens with one attached hydrogen (secondary N) is 1. The Hall–Kier alpha value is -2.87. The first kappa shape index (κ1) is 19.9. The second kappa shape index (κ2) is 8.88. The molecule has 3 rings (SSSR count). The van der Waals surface area contributed by atoms with Gasteiger partial charge >= 0.3 is 0 Å². The van der Waals surface area contributed by atoms with Crippen LogP contribution in [0.4, 0.5) is 15.8 Å². The van der Waals surface area contributed by atoms with E-state index in [9.17, 15) is 14.0 Å². The number of rotatable bonds is 5. The lowest BCUT2D eigenvalue weighted by Crippen LogP contribution is -2.31. The smallest absolute Gasteiger partial charge is 0.247 e. The van der Waals surface area contributed by atoms with Crippen LogP contribution in [0, 0.1) is 5.82 Å². The molecule has 0 aromatic heterocycles. The molecule has 1 atom stereocenters. The summed E-state index contributed by atoms with van der Waals surface area (Å²) in [6, 6.07) is 12.7. The van der Waals surface area contributed by atoms with Crippen LogP contribution in [0.5, 0.6) is 5.75 Å². The van der Waals surface area contributed by atoms with E-state index < -0.39 is 11.1 Å². The summed E-state index contributed by atoms with van der Waals surface area (Å²) in [5.74, 6) is -0.377. The molecule has 146 valence electrons. The number of anilines is 2. The maximum atomic E-state index is 13.1. The molecule has 0 radical (unpaired) electrons. The number of ether oxygens (including phenoxy) is 1. The average Bonchev–Trinajstić information content (AvgIpc) is 2.96. The van der Waals surface area contributed by atoms with Gasteiger partial charge in [-0.3, -0.25) is 14.6 Å². The largest absolute Gasteiger partial charge is 0.497 e. The molecule has 8 heteroatoms. The van der Waals surface area contributed by atoms with Gasteiger partial charge in [0.05, 0.1) is 12.8 Å². The molecule has 2 aromatic carbocycles. The zero-order chi connectivity index (χ0) is 20.1. The van der Waals surface area contributed by atoms with Gasteiger partial charge in [-0.25, -0.2) is 9.29 Å². The van der Waals surface area contributed by atoms with Crippen LogP contribution in [-0.2, 0) is 9.59 Å². The highest BCUT2D eigenvalue weighted by Gasteiger charge is 2.40. The van der Waals surface area contributed by atoms with Crippen LogP contribution >= 0.6 is 11.8 Å². The fourth-order valence-corrected chi connectivity index (χ4v) is 3.85. The molecule has 1 aliphatic heterocycles. The molecule has 0 aliphatic carbocycles. The molecule has 1 saturated heterocycles. The Morgan fingerprint density at radius 3 is 2.71 bits per heavy atom. The lowest BCUT2D eigenvalue weighted by atomic mass is 10.3. The Morgan fingerprint density at radius 1 is 1.29 bits per heavy atom. The van der Waals surface area contributed by atoms with Gasteiger partial charge in [-0.2, -0.15) is 0 Å². The van der Waals surface area contributed by atoms with Crippen molar-refractivity contribution in [3.05, 3.63) is 54.3 Å². The maximum Gasteiger partial charge on any atom is 0.247 e. The summed E-state index contributed by atoms with van der Waals surface area (Å²) in [5, 5.41) is 3.13. The Kier molecular flexibility index (Phi) is 6.30. The molecule has 1 fully saturated rings. The molecule has 1 N–H and O–H groups in total. The molecule has 0 unspecified atom stereocenters. The van der Waals surface area contributed by atoms with Crippen molar-refractivity contribution >= 4 is 40.1 Å². The van der Waals surface area contributed by atoms with E-state index >= 15 is 0 Å². The topological polar surface area (TPSA) is 71.0 Å². The fraction of sp³-hybridized carbons (Fsp3) is 0.250. The summed E-state index contributed by atoms with van der Waals surface area (Å²) >= 11 is 1.21. The standard InChI is InChI=1S/C20H20FN3O3S/c1-3-22-20(23-14-5-4-6-16(11-14)27-2)28-17-12-18(25)24(19(17)26)15-9-7-13(21)8-10-15/h4-11,17H,3,12H2,1-2H3,(H,22,23)/t17-/m0/s1. The van der Waals surface area contributed by atoms with Gasteiger partial charge in [0.15, 0.2) is 5.17 Å². The molecule has 2 aromatic rings. The van der Waals surface area contributed by atoms with Crippen molar-refractivity contribution < 1.29 is 18.7 Å². The number of hydrogen-bond acceptors (Lipinski definition) is 5. The minimum absolute atomic E-state index is 0.0589. The number of hydrogen-bond donors (Lipinski definition) is 1. The third-order valence-corrected chi connectivity index (χ3v) is 5.17. The number of methoxy groups -OCH3 is 1. The second-order valence-electron chi connectivity index (χ2n) is 5.99. The minimum atomic E-state index is -0.596. The first-order valence-corrected chi connectivity index (χ1v) is 9.64. The summed E-state index contributed by atoms with van der Waals surface area (Å²) in [4.78, 5) is 30.7. The van der Waals surface area contributed by atoms with Crippen LogP contribution in [0.3, 0.4) is 0 Å². The normalized spacial score (nSPS) is 17.2. The summed E-state index contributed by atoms with van der Waals surface area (Å²) in [6.07, 6.45) is 0.0589. The van der Waals surface area contributed by atoms with E-state index in [4.69, 9.17) is 4.74 Å². The quantitative estimate of drug-likeness (QED) is 0.470. The zero-order valence-corrected chi connectivity index (χ0v) is 16.3. The van der Waals surface area contributed by atoms with Crippen LogP contribution < -0.4 is 15.0 Å². The van der Waals surface area contributed by atoms with Crippen molar-refractivity contribution in [2.24, 2.45) is 4.99 Å². The number of nitrogens with zero attached hydrogens (tertiary/aromatic N) is 2. The van der Waals surface area contributed by atoms with Crippen molar-refractivity contribution in [2.75, 3.05) is 23.9 Å². The lowest BCUT2D eigenvalue weighted by molar-refractivity contribution is -0.121. The number of carbonyl (C=O) groups excluding carboxylic acids is 2. The van der Waals surface area contributed by atoms with Crippen molar-refractivity contribution in [3.63, 3.8) is 0 Å². The molecule has 0 spiro atoms. The van der Waals surface area contributed by atoms with E-state index in [1.54, 1.807) is 7.11 Å². The van der Waals surface area contributed by atoms with Gasteiger partial charge in [-0.05, 0) is 43.3 Å². The number of halogens is 1. The number of imide groups is 1. The molecule has 2 amide bonds. The Labute approximate surface area is 166 Å². The molecule has 6 nitrogen and oxygen atoms in total. The fourth-order valence-electron chi connectivity index (χ4n) is 2.77. The van der Waals surface area contributed by atoms with Crippen molar-refractivity contribution in [2.45, 2.75) is 18.6 Å². The van der Waals surface area contributed by atoms with Gasteiger partial charge in [0.2, 0.25) is 11.8 Å². The number of carbonyl (C=O) groups is 2. The van der Waals surface area contributed by atoms with Crippen molar-refractivity contribution in [3.8, 4) is 5.75 Å². The van der Waals surface area contributed by atoms with Crippen LogP contribution in [0.2, 0.25) is 0 Å². The minimum Gasteiger partial charge on any atom is -0.497 e. The molecular weight excluding hydrogens is 381 g/mol. The molecule has 1 aliphatic rings. The van der Waals surface area contributed by atoms with Crippen LogP contribution in [0.25, 0.3) is 0 Å². The predicted molar refractivity (Wildman–Crippen MR) is 109 cm³/mol. The molecule has 1 heterocycles. The lowest BCUT2D eigenvalue weighted by Gasteiger charge is -2.16. The average molecular weight is 401 g/mol. The Bertz CT molecular complexity index is 902. The van der Waals surface area contributed by atoms with Gasteiger partial charge in [-0.15, -0.1) is 0 Å². The van der Waals surface area contributed by atoms with Crippen molar-refractivity contribution in [1.82, 2.24) is 0 Å². The molecular formula is C20H20FN3O3S. The second-order valence-corrected chi connectivity index (χ2v) is 7.18. The van der Waals surface area contributed by atoms with Gasteiger partial charge in [0, 0.05) is 24.7 Å². The predicted octanol–water partition coefficient (Wildman–Crippen LogP) is 3.69. The Morgan fingerprint density at radius 2 is 2.04 bits per heavy atom. The van der Waals surface area contributed by atoms with Gasteiger partial charge in [-0.1, -0.05) is 17.8 Å². The number of aliphatic imine (C=N–C) groups is 1. The highest BCUT2D eigenvalue weighted by molar-refractivity contribution is 8.15.